The predicted octanol–water partition coefficient (Wildman–Crippen LogP) is 1.71. The van der Waals surface area contributed by atoms with E-state index in [0.717, 1.165) is 11.3 Å². The van der Waals surface area contributed by atoms with Crippen molar-refractivity contribution in [1.82, 2.24) is 0 Å². The third-order valence-corrected chi connectivity index (χ3v) is 6.53. The van der Waals surface area contributed by atoms with Gasteiger partial charge < -0.3 is 0 Å². The van der Waals surface area contributed by atoms with Gasteiger partial charge in [0.2, 0.25) is 0 Å². The van der Waals surface area contributed by atoms with E-state index in [9.17, 15) is 4.79 Å². The summed E-state index contributed by atoms with van der Waals surface area (Å²) in [4.78, 5) is 12.1. The first-order chi connectivity index (χ1) is 8.34. The third kappa shape index (κ3) is 2.09. The molecule has 0 radical (unpaired) electrons. The minimum absolute atomic E-state index is 0.0662. The first kappa shape index (κ1) is 10.8. The monoisotopic (exact) mass is 339 g/mol. The van der Waals surface area contributed by atoms with E-state index in [1.165, 1.54) is 3.61 Å². The molecule has 0 bridgehead atoms. The first-order valence-electron chi connectivity index (χ1n) is 5.46. The fourth-order valence-electron chi connectivity index (χ4n) is 1.90. The van der Waals surface area contributed by atoms with Gasteiger partial charge in [-0.25, -0.2) is 0 Å². The summed E-state index contributed by atoms with van der Waals surface area (Å²) in [5.41, 5.74) is 2.15. The molecule has 2 nitrogen and oxygen atoms in total. The van der Waals surface area contributed by atoms with Crippen molar-refractivity contribution in [2.45, 2.75) is 3.97 Å². The fraction of sp³-hybridized carbons (Fsp3) is 0.0714. The molecule has 0 aliphatic carbocycles. The van der Waals surface area contributed by atoms with Crippen molar-refractivity contribution in [3.8, 4) is 0 Å². The quantitative estimate of drug-likeness (QED) is 0.789. The first-order valence-corrected chi connectivity index (χ1v) is 7.97. The van der Waals surface area contributed by atoms with Gasteiger partial charge in [-0.3, -0.25) is 0 Å². The van der Waals surface area contributed by atoms with Gasteiger partial charge in [-0.1, -0.05) is 0 Å². The Morgan fingerprint density at radius 1 is 0.941 bits per heavy atom. The van der Waals surface area contributed by atoms with E-state index >= 15 is 0 Å². The zero-order valence-corrected chi connectivity index (χ0v) is 11.4. The van der Waals surface area contributed by atoms with Gasteiger partial charge in [0.05, 0.1) is 0 Å². The van der Waals surface area contributed by atoms with Crippen molar-refractivity contribution >= 4 is 36.1 Å². The third-order valence-electron chi connectivity index (χ3n) is 2.73. The molecule has 17 heavy (non-hydrogen) atoms. The van der Waals surface area contributed by atoms with Crippen LogP contribution in [0.4, 0.5) is 5.69 Å². The summed E-state index contributed by atoms with van der Waals surface area (Å²) in [6.45, 7) is 0. The van der Waals surface area contributed by atoms with Crippen LogP contribution in [0.5, 0.6) is 0 Å². The molecule has 1 unspecified atom stereocenters. The van der Waals surface area contributed by atoms with Crippen LogP contribution in [-0.2, 0) is 4.79 Å². The van der Waals surface area contributed by atoms with E-state index in [-0.39, 0.29) is 9.87 Å². The molecule has 2 aromatic rings. The molecule has 3 heteroatoms. The number of anilines is 1. The Hall–Kier alpha value is -1.30. The van der Waals surface area contributed by atoms with E-state index in [4.69, 9.17) is 0 Å². The van der Waals surface area contributed by atoms with Crippen LogP contribution in [-0.4, -0.2) is 26.8 Å². The Bertz CT molecular complexity index is 553. The molecule has 0 spiro atoms. The summed E-state index contributed by atoms with van der Waals surface area (Å²) in [6.07, 6.45) is 0. The van der Waals surface area contributed by atoms with Crippen molar-refractivity contribution in [3.05, 3.63) is 60.2 Å². The molecule has 1 aliphatic heterocycles. The van der Waals surface area contributed by atoms with Crippen molar-refractivity contribution in [2.75, 3.05) is 5.32 Å². The average Bonchev–Trinajstić information content (AvgIpc) is 2.39. The number of carbonyl (C=O) groups excluding carboxylic acids is 1. The second-order valence-corrected chi connectivity index (χ2v) is 7.17. The van der Waals surface area contributed by atoms with E-state index < -0.39 is 20.9 Å². The van der Waals surface area contributed by atoms with Crippen LogP contribution < -0.4 is 8.93 Å². The van der Waals surface area contributed by atoms with Gasteiger partial charge in [0, 0.05) is 0 Å². The molecule has 1 N–H and O–H groups in total. The fourth-order valence-corrected chi connectivity index (χ4v) is 5.08. The molecule has 1 aliphatic rings. The summed E-state index contributed by atoms with van der Waals surface area (Å²) in [5, 5.41) is 3.00. The molecule has 0 fully saturated rings. The Morgan fingerprint density at radius 3 is 2.47 bits per heavy atom. The van der Waals surface area contributed by atoms with Gasteiger partial charge in [0.1, 0.15) is 0 Å². The number of hydrogen-bond acceptors (Lipinski definition) is 1. The Balaban J connectivity index is 1.98. The van der Waals surface area contributed by atoms with Crippen molar-refractivity contribution < 1.29 is 4.79 Å². The summed E-state index contributed by atoms with van der Waals surface area (Å²) in [5.74, 6) is 0.150. The molecule has 1 atom stereocenters. The maximum absolute atomic E-state index is 12.1. The van der Waals surface area contributed by atoms with Gasteiger partial charge >= 0.3 is 110 Å². The van der Waals surface area contributed by atoms with Crippen LogP contribution >= 0.6 is 0 Å². The van der Waals surface area contributed by atoms with Crippen LogP contribution in [0.15, 0.2) is 54.6 Å². The SMILES string of the molecule is O=C1Nc2ccccc2[Te]C1c1ccccc1. The number of amides is 1. The van der Waals surface area contributed by atoms with Crippen molar-refractivity contribution in [1.29, 1.82) is 0 Å². The van der Waals surface area contributed by atoms with Gasteiger partial charge in [0.15, 0.2) is 0 Å². The summed E-state index contributed by atoms with van der Waals surface area (Å²) in [6, 6.07) is 18.2. The van der Waals surface area contributed by atoms with E-state index in [1.807, 2.05) is 48.5 Å². The number of nitrogens with one attached hydrogen (secondary N) is 1. The average molecular weight is 337 g/mol. The Labute approximate surface area is 110 Å². The molecule has 0 saturated heterocycles. The van der Waals surface area contributed by atoms with Crippen molar-refractivity contribution in [3.63, 3.8) is 0 Å². The van der Waals surface area contributed by atoms with Crippen LogP contribution in [0.3, 0.4) is 0 Å². The number of para-hydroxylation sites is 1. The maximum atomic E-state index is 12.1. The molecular weight excluding hydrogens is 326 g/mol. The molecule has 1 heterocycles. The van der Waals surface area contributed by atoms with Gasteiger partial charge in [-0.15, -0.1) is 0 Å². The van der Waals surface area contributed by atoms with Gasteiger partial charge in [-0.05, 0) is 0 Å². The van der Waals surface area contributed by atoms with E-state index in [0.29, 0.717) is 0 Å². The zero-order valence-electron chi connectivity index (χ0n) is 9.09. The number of benzene rings is 2. The summed E-state index contributed by atoms with van der Waals surface area (Å²) >= 11 is -0.499. The standard InChI is InChI=1S/C14H11NOTe/c16-14-13(10-6-2-1-3-7-10)17-12-9-5-4-8-11(12)15-14/h1-9,13H,(H,15,16). The van der Waals surface area contributed by atoms with Crippen molar-refractivity contribution in [2.24, 2.45) is 0 Å². The van der Waals surface area contributed by atoms with Crippen LogP contribution in [0, 0.1) is 0 Å². The molecule has 0 aromatic heterocycles. The van der Waals surface area contributed by atoms with E-state index in [1.54, 1.807) is 0 Å². The van der Waals surface area contributed by atoms with Crippen LogP contribution in [0.1, 0.15) is 9.53 Å². The number of hydrogen-bond donors (Lipinski definition) is 1. The topological polar surface area (TPSA) is 29.1 Å². The Kier molecular flexibility index (Phi) is 2.88. The Morgan fingerprint density at radius 2 is 1.65 bits per heavy atom. The normalized spacial score (nSPS) is 18.4. The number of carbonyl (C=O) groups is 1. The number of rotatable bonds is 1. The molecule has 84 valence electrons. The molecule has 3 rings (SSSR count). The minimum atomic E-state index is -0.499. The molecule has 0 saturated carbocycles. The molecule has 2 aromatic carbocycles. The second kappa shape index (κ2) is 4.52. The zero-order chi connectivity index (χ0) is 11.7. The van der Waals surface area contributed by atoms with Gasteiger partial charge in [-0.2, -0.15) is 0 Å². The second-order valence-electron chi connectivity index (χ2n) is 3.89. The predicted molar refractivity (Wildman–Crippen MR) is 69.6 cm³/mol. The molecule has 1 amide bonds. The van der Waals surface area contributed by atoms with Gasteiger partial charge in [0.25, 0.3) is 0 Å². The molecular formula is C14H11NOTe. The van der Waals surface area contributed by atoms with E-state index in [2.05, 4.69) is 11.4 Å². The summed E-state index contributed by atoms with van der Waals surface area (Å²) in [7, 11) is 0. The number of fused-ring (bicyclic) bond motifs is 1. The summed E-state index contributed by atoms with van der Waals surface area (Å²) < 4.78 is 1.41. The van der Waals surface area contributed by atoms with Crippen LogP contribution in [0.2, 0.25) is 0 Å². The van der Waals surface area contributed by atoms with Crippen LogP contribution in [0.25, 0.3) is 0 Å².